The lowest BCUT2D eigenvalue weighted by atomic mass is 10.1. The number of anilines is 1. The van der Waals surface area contributed by atoms with Crippen LogP contribution >= 0.6 is 15.9 Å². The molecule has 0 fully saturated rings. The van der Waals surface area contributed by atoms with Crippen molar-refractivity contribution < 1.29 is 9.18 Å². The second kappa shape index (κ2) is 5.78. The van der Waals surface area contributed by atoms with Crippen molar-refractivity contribution in [2.45, 2.75) is 6.42 Å². The second-order valence-electron chi connectivity index (χ2n) is 3.83. The molecule has 1 amide bonds. The lowest BCUT2D eigenvalue weighted by molar-refractivity contribution is -0.115. The quantitative estimate of drug-likeness (QED) is 0.919. The van der Waals surface area contributed by atoms with E-state index in [-0.39, 0.29) is 18.0 Å². The molecule has 0 saturated heterocycles. The van der Waals surface area contributed by atoms with Gasteiger partial charge in [0, 0.05) is 4.47 Å². The van der Waals surface area contributed by atoms with Gasteiger partial charge in [0.15, 0.2) is 0 Å². The summed E-state index contributed by atoms with van der Waals surface area (Å²) < 4.78 is 14.2. The molecule has 2 aromatic carbocycles. The van der Waals surface area contributed by atoms with E-state index in [4.69, 9.17) is 0 Å². The highest BCUT2D eigenvalue weighted by Gasteiger charge is 2.07. The number of halogens is 2. The molecular formula is C14H11BrFNO. The molecule has 18 heavy (non-hydrogen) atoms. The molecule has 0 aliphatic rings. The molecule has 0 heterocycles. The van der Waals surface area contributed by atoms with E-state index < -0.39 is 5.82 Å². The third kappa shape index (κ3) is 3.40. The predicted molar refractivity (Wildman–Crippen MR) is 72.9 cm³/mol. The van der Waals surface area contributed by atoms with Crippen molar-refractivity contribution in [2.75, 3.05) is 5.32 Å². The molecule has 1 N–H and O–H groups in total. The van der Waals surface area contributed by atoms with Crippen LogP contribution in [-0.2, 0) is 11.2 Å². The lowest BCUT2D eigenvalue weighted by Crippen LogP contribution is -2.15. The summed E-state index contributed by atoms with van der Waals surface area (Å²) in [6, 6.07) is 13.6. The van der Waals surface area contributed by atoms with Crippen LogP contribution in [0.3, 0.4) is 0 Å². The molecule has 0 aliphatic heterocycles. The Balaban J connectivity index is 2.03. The third-order valence-electron chi connectivity index (χ3n) is 2.40. The van der Waals surface area contributed by atoms with Crippen LogP contribution in [-0.4, -0.2) is 5.91 Å². The topological polar surface area (TPSA) is 29.1 Å². The maximum Gasteiger partial charge on any atom is 0.228 e. The summed E-state index contributed by atoms with van der Waals surface area (Å²) in [5, 5.41) is 2.55. The summed E-state index contributed by atoms with van der Waals surface area (Å²) in [6.45, 7) is 0. The van der Waals surface area contributed by atoms with E-state index in [1.807, 2.05) is 24.3 Å². The molecule has 0 unspecified atom stereocenters. The molecule has 0 saturated carbocycles. The summed E-state index contributed by atoms with van der Waals surface area (Å²) in [7, 11) is 0. The number of nitrogens with one attached hydrogen (secondary N) is 1. The number of amides is 1. The maximum atomic E-state index is 13.3. The van der Waals surface area contributed by atoms with Gasteiger partial charge >= 0.3 is 0 Å². The zero-order valence-corrected chi connectivity index (χ0v) is 11.1. The van der Waals surface area contributed by atoms with Gasteiger partial charge in [-0.3, -0.25) is 4.79 Å². The van der Waals surface area contributed by atoms with E-state index in [2.05, 4.69) is 21.2 Å². The van der Waals surface area contributed by atoms with Crippen LogP contribution in [0.25, 0.3) is 0 Å². The van der Waals surface area contributed by atoms with Crippen molar-refractivity contribution in [1.82, 2.24) is 0 Å². The molecule has 4 heteroatoms. The van der Waals surface area contributed by atoms with E-state index in [0.717, 1.165) is 10.0 Å². The van der Waals surface area contributed by atoms with Crippen molar-refractivity contribution >= 4 is 27.5 Å². The Morgan fingerprint density at radius 1 is 1.17 bits per heavy atom. The Morgan fingerprint density at radius 3 is 2.67 bits per heavy atom. The van der Waals surface area contributed by atoms with E-state index in [1.165, 1.54) is 12.1 Å². The Hall–Kier alpha value is -1.68. The third-order valence-corrected chi connectivity index (χ3v) is 2.89. The smallest absolute Gasteiger partial charge is 0.228 e. The predicted octanol–water partition coefficient (Wildman–Crippen LogP) is 3.77. The first-order valence-electron chi connectivity index (χ1n) is 5.44. The van der Waals surface area contributed by atoms with Gasteiger partial charge in [-0.25, -0.2) is 4.39 Å². The van der Waals surface area contributed by atoms with Crippen LogP contribution in [0.1, 0.15) is 5.56 Å². The maximum absolute atomic E-state index is 13.3. The van der Waals surface area contributed by atoms with Crippen LogP contribution < -0.4 is 5.32 Å². The van der Waals surface area contributed by atoms with Gasteiger partial charge in [0.05, 0.1) is 12.1 Å². The molecule has 0 spiro atoms. The molecule has 0 bridgehead atoms. The van der Waals surface area contributed by atoms with Gasteiger partial charge in [-0.2, -0.15) is 0 Å². The fourth-order valence-corrected chi connectivity index (χ4v) is 2.04. The first-order chi connectivity index (χ1) is 8.65. The van der Waals surface area contributed by atoms with E-state index in [9.17, 15) is 9.18 Å². The molecule has 92 valence electrons. The van der Waals surface area contributed by atoms with Crippen molar-refractivity contribution in [3.63, 3.8) is 0 Å². The minimum atomic E-state index is -0.430. The molecule has 0 radical (unpaired) electrons. The number of para-hydroxylation sites is 1. The van der Waals surface area contributed by atoms with Gasteiger partial charge in [-0.15, -0.1) is 0 Å². The van der Waals surface area contributed by atoms with Crippen LogP contribution in [0.4, 0.5) is 10.1 Å². The molecule has 2 rings (SSSR count). The number of carbonyl (C=O) groups excluding carboxylic acids is 1. The summed E-state index contributed by atoms with van der Waals surface area (Å²) >= 11 is 3.34. The number of carbonyl (C=O) groups is 1. The highest BCUT2D eigenvalue weighted by molar-refractivity contribution is 9.10. The van der Waals surface area contributed by atoms with Crippen molar-refractivity contribution in [2.24, 2.45) is 0 Å². The normalized spacial score (nSPS) is 10.1. The molecule has 2 aromatic rings. The van der Waals surface area contributed by atoms with E-state index >= 15 is 0 Å². The number of rotatable bonds is 3. The first-order valence-corrected chi connectivity index (χ1v) is 6.23. The van der Waals surface area contributed by atoms with E-state index in [0.29, 0.717) is 0 Å². The summed E-state index contributed by atoms with van der Waals surface area (Å²) in [4.78, 5) is 11.8. The summed E-state index contributed by atoms with van der Waals surface area (Å²) in [5.74, 6) is -0.668. The Labute approximate surface area is 113 Å². The molecule has 2 nitrogen and oxygen atoms in total. The Bertz CT molecular complexity index is 571. The van der Waals surface area contributed by atoms with Crippen molar-refractivity contribution in [1.29, 1.82) is 0 Å². The van der Waals surface area contributed by atoms with Gasteiger partial charge in [-0.05, 0) is 29.8 Å². The monoisotopic (exact) mass is 307 g/mol. The highest BCUT2D eigenvalue weighted by Crippen LogP contribution is 2.15. The van der Waals surface area contributed by atoms with Gasteiger partial charge in [0.2, 0.25) is 5.91 Å². The van der Waals surface area contributed by atoms with Gasteiger partial charge in [0.25, 0.3) is 0 Å². The zero-order chi connectivity index (χ0) is 13.0. The van der Waals surface area contributed by atoms with Gasteiger partial charge in [-0.1, -0.05) is 40.2 Å². The zero-order valence-electron chi connectivity index (χ0n) is 9.49. The minimum absolute atomic E-state index is 0.206. The average Bonchev–Trinajstić information content (AvgIpc) is 2.32. The Morgan fingerprint density at radius 2 is 1.94 bits per heavy atom. The van der Waals surface area contributed by atoms with Crippen LogP contribution in [0.2, 0.25) is 0 Å². The standard InChI is InChI=1S/C14H11BrFNO/c15-11-5-3-4-10(8-11)9-14(18)17-13-7-2-1-6-12(13)16/h1-8H,9H2,(H,17,18). The number of hydrogen-bond donors (Lipinski definition) is 1. The number of hydrogen-bond acceptors (Lipinski definition) is 1. The summed E-state index contributed by atoms with van der Waals surface area (Å²) in [5.41, 5.74) is 1.08. The lowest BCUT2D eigenvalue weighted by Gasteiger charge is -2.06. The largest absolute Gasteiger partial charge is 0.323 e. The van der Waals surface area contributed by atoms with E-state index in [1.54, 1.807) is 12.1 Å². The fourth-order valence-electron chi connectivity index (χ4n) is 1.59. The van der Waals surface area contributed by atoms with Crippen LogP contribution in [0.15, 0.2) is 53.0 Å². The minimum Gasteiger partial charge on any atom is -0.323 e. The first kappa shape index (κ1) is 12.8. The molecule has 0 aliphatic carbocycles. The molecular weight excluding hydrogens is 297 g/mol. The molecule has 0 aromatic heterocycles. The van der Waals surface area contributed by atoms with Gasteiger partial charge < -0.3 is 5.32 Å². The van der Waals surface area contributed by atoms with Crippen molar-refractivity contribution in [3.8, 4) is 0 Å². The fraction of sp³-hybridized carbons (Fsp3) is 0.0714. The highest BCUT2D eigenvalue weighted by atomic mass is 79.9. The summed E-state index contributed by atoms with van der Waals surface area (Å²) in [6.07, 6.45) is 0.216. The molecule has 0 atom stereocenters. The average molecular weight is 308 g/mol. The van der Waals surface area contributed by atoms with Crippen LogP contribution in [0.5, 0.6) is 0 Å². The van der Waals surface area contributed by atoms with Gasteiger partial charge in [0.1, 0.15) is 5.82 Å². The SMILES string of the molecule is O=C(Cc1cccc(Br)c1)Nc1ccccc1F. The second-order valence-corrected chi connectivity index (χ2v) is 4.75. The van der Waals surface area contributed by atoms with Crippen LogP contribution in [0, 0.1) is 5.82 Å². The number of benzene rings is 2. The Kier molecular flexibility index (Phi) is 4.10. The van der Waals surface area contributed by atoms with Crippen molar-refractivity contribution in [3.05, 3.63) is 64.4 Å².